The molecule has 0 aliphatic carbocycles. The number of ketones is 1. The number of carbonyl (C=O) groups excluding carboxylic acids is 1. The van der Waals surface area contributed by atoms with Gasteiger partial charge in [-0.3, -0.25) is 4.79 Å². The Morgan fingerprint density at radius 1 is 0.944 bits per heavy atom. The van der Waals surface area contributed by atoms with Crippen molar-refractivity contribution >= 4 is 5.78 Å². The van der Waals surface area contributed by atoms with Gasteiger partial charge in [0.15, 0.2) is 5.79 Å². The second-order valence-electron chi connectivity index (χ2n) is 19.0. The molecule has 4 saturated heterocycles. The molecule has 5 aliphatic heterocycles. The van der Waals surface area contributed by atoms with E-state index >= 15 is 0 Å². The van der Waals surface area contributed by atoms with Crippen molar-refractivity contribution in [2.75, 3.05) is 0 Å². The van der Waals surface area contributed by atoms with Crippen LogP contribution in [0.15, 0.2) is 12.2 Å². The summed E-state index contributed by atoms with van der Waals surface area (Å²) in [6, 6.07) is 0. The summed E-state index contributed by atoms with van der Waals surface area (Å²) in [5, 5.41) is 47.1. The first-order valence-electron chi connectivity index (χ1n) is 21.5. The van der Waals surface area contributed by atoms with Crippen LogP contribution in [0, 0.1) is 41.4 Å². The number of ether oxygens (including phenoxy) is 5. The van der Waals surface area contributed by atoms with Gasteiger partial charge in [0.25, 0.3) is 0 Å². The fourth-order valence-corrected chi connectivity index (χ4v) is 11.3. The van der Waals surface area contributed by atoms with E-state index in [0.29, 0.717) is 38.5 Å². The van der Waals surface area contributed by atoms with Crippen LogP contribution in [-0.4, -0.2) is 97.3 Å². The number of aliphatic hydroxyl groups is 4. The van der Waals surface area contributed by atoms with Crippen LogP contribution in [0.2, 0.25) is 0 Å². The van der Waals surface area contributed by atoms with E-state index in [2.05, 4.69) is 27.7 Å². The molecular weight excluding hydrogens is 688 g/mol. The third kappa shape index (κ3) is 7.92. The third-order valence-corrected chi connectivity index (χ3v) is 15.5. The lowest BCUT2D eigenvalue weighted by Gasteiger charge is -2.56. The molecule has 5 aliphatic rings. The molecule has 4 N–H and O–H groups in total. The smallest absolute Gasteiger partial charge is 0.202 e. The Kier molecular flexibility index (Phi) is 13.4. The summed E-state index contributed by atoms with van der Waals surface area (Å²) in [7, 11) is 0. The van der Waals surface area contributed by atoms with Gasteiger partial charge in [-0.2, -0.15) is 0 Å². The van der Waals surface area contributed by atoms with Crippen LogP contribution in [0.25, 0.3) is 0 Å². The van der Waals surface area contributed by atoms with Gasteiger partial charge < -0.3 is 44.1 Å². The second-order valence-corrected chi connectivity index (χ2v) is 19.0. The molecule has 5 rings (SSSR count). The minimum Gasteiger partial charge on any atom is -0.392 e. The first-order valence-corrected chi connectivity index (χ1v) is 21.5. The zero-order valence-electron chi connectivity index (χ0n) is 35.5. The monoisotopic (exact) mass is 765 g/mol. The van der Waals surface area contributed by atoms with Gasteiger partial charge in [0.05, 0.1) is 53.4 Å². The summed E-state index contributed by atoms with van der Waals surface area (Å²) in [6.07, 6.45) is 7.09. The van der Waals surface area contributed by atoms with E-state index in [4.69, 9.17) is 23.7 Å². The van der Waals surface area contributed by atoms with Crippen LogP contribution in [0.3, 0.4) is 0 Å². The number of hydrogen-bond donors (Lipinski definition) is 4. The molecule has 5 heterocycles. The van der Waals surface area contributed by atoms with Crippen molar-refractivity contribution in [2.45, 2.75) is 218 Å². The van der Waals surface area contributed by atoms with Gasteiger partial charge in [0.1, 0.15) is 11.9 Å². The van der Waals surface area contributed by atoms with Crippen molar-refractivity contribution in [3.8, 4) is 0 Å². The van der Waals surface area contributed by atoms with Gasteiger partial charge in [0.2, 0.25) is 5.79 Å². The minimum absolute atomic E-state index is 0.0735. The van der Waals surface area contributed by atoms with E-state index in [0.717, 1.165) is 25.7 Å². The molecule has 0 radical (unpaired) electrons. The van der Waals surface area contributed by atoms with Crippen LogP contribution in [0.4, 0.5) is 0 Å². The average molecular weight is 765 g/mol. The number of aliphatic hydroxyl groups excluding tert-OH is 2. The Bertz CT molecular complexity index is 1320. The van der Waals surface area contributed by atoms with Crippen molar-refractivity contribution in [3.63, 3.8) is 0 Å². The molecular formula is C44H76O10. The number of rotatable bonds is 12. The Hall–Kier alpha value is -0.950. The van der Waals surface area contributed by atoms with E-state index in [1.165, 1.54) is 0 Å². The van der Waals surface area contributed by atoms with Crippen molar-refractivity contribution in [3.05, 3.63) is 12.2 Å². The summed E-state index contributed by atoms with van der Waals surface area (Å²) < 4.78 is 34.0. The number of carbonyl (C=O) groups is 1. The summed E-state index contributed by atoms with van der Waals surface area (Å²) in [5.41, 5.74) is -2.92. The molecule has 19 atom stereocenters. The second kappa shape index (κ2) is 16.4. The molecule has 0 aromatic heterocycles. The van der Waals surface area contributed by atoms with Gasteiger partial charge in [-0.15, -0.1) is 0 Å². The van der Waals surface area contributed by atoms with E-state index in [1.54, 1.807) is 13.0 Å². The largest absolute Gasteiger partial charge is 0.392 e. The summed E-state index contributed by atoms with van der Waals surface area (Å²) >= 11 is 0. The summed E-state index contributed by atoms with van der Waals surface area (Å²) in [5.74, 6) is -3.48. The van der Waals surface area contributed by atoms with Crippen molar-refractivity contribution in [2.24, 2.45) is 41.4 Å². The quantitative estimate of drug-likeness (QED) is 0.156. The number of hydrogen-bond acceptors (Lipinski definition) is 10. The van der Waals surface area contributed by atoms with Crippen molar-refractivity contribution < 1.29 is 48.9 Å². The number of Topliss-reactive ketones (excluding diaryl/α,β-unsaturated/α-hetero) is 1. The predicted molar refractivity (Wildman–Crippen MR) is 207 cm³/mol. The first kappa shape index (κ1) is 44.2. The van der Waals surface area contributed by atoms with Crippen LogP contribution in [0.5, 0.6) is 0 Å². The maximum absolute atomic E-state index is 12.6. The maximum atomic E-state index is 12.6. The Morgan fingerprint density at radius 2 is 1.63 bits per heavy atom. The third-order valence-electron chi connectivity index (χ3n) is 15.5. The van der Waals surface area contributed by atoms with E-state index < -0.39 is 52.6 Å². The predicted octanol–water partition coefficient (Wildman–Crippen LogP) is 6.87. The highest BCUT2D eigenvalue weighted by Crippen LogP contribution is 2.55. The Labute approximate surface area is 326 Å². The standard InChI is InChI=1S/C44H76O10/c1-13-32(30(9)45)34-17-16-25(4)38(51-34)28(7)37(47)29(8)41(12,48)33(14-2)39-26(5)24-27(6)43(52-39)21-18-35(46)44(54-43)23-22-40(11,53-44)36-19-20-42(49,15-3)31(10)50-36/h18,21,25-29,31-39,46-49H,13-17,19-20,22-24H2,1-12H3/t25?,26-,27+,28-,29-,31-,32-,33+,34+,35+,36+,37-,38+,39-,40-,41-,42+,43-,44-/m0/s1. The summed E-state index contributed by atoms with van der Waals surface area (Å²) in [4.78, 5) is 12.4. The van der Waals surface area contributed by atoms with E-state index in [9.17, 15) is 25.2 Å². The molecule has 312 valence electrons. The summed E-state index contributed by atoms with van der Waals surface area (Å²) in [6.45, 7) is 23.8. The lowest BCUT2D eigenvalue weighted by atomic mass is 9.66. The molecule has 10 heteroatoms. The molecule has 0 aromatic carbocycles. The van der Waals surface area contributed by atoms with E-state index in [1.807, 2.05) is 54.5 Å². The molecule has 0 saturated carbocycles. The molecule has 54 heavy (non-hydrogen) atoms. The molecule has 10 nitrogen and oxygen atoms in total. The fraction of sp³-hybridized carbons (Fsp3) is 0.932. The molecule has 4 fully saturated rings. The molecule has 2 spiro atoms. The normalized spacial score (nSPS) is 46.9. The Balaban J connectivity index is 1.34. The van der Waals surface area contributed by atoms with Gasteiger partial charge in [-0.05, 0) is 109 Å². The lowest BCUT2D eigenvalue weighted by molar-refractivity contribution is -0.412. The molecule has 0 bridgehead atoms. The maximum Gasteiger partial charge on any atom is 0.202 e. The topological polar surface area (TPSA) is 144 Å². The van der Waals surface area contributed by atoms with Crippen LogP contribution in [-0.2, 0) is 28.5 Å². The van der Waals surface area contributed by atoms with Gasteiger partial charge in [-0.25, -0.2) is 0 Å². The zero-order chi connectivity index (χ0) is 40.2. The van der Waals surface area contributed by atoms with Crippen LogP contribution in [0.1, 0.15) is 147 Å². The van der Waals surface area contributed by atoms with Crippen LogP contribution < -0.4 is 0 Å². The first-order chi connectivity index (χ1) is 25.1. The molecule has 0 amide bonds. The highest BCUT2D eigenvalue weighted by molar-refractivity contribution is 5.78. The highest BCUT2D eigenvalue weighted by Gasteiger charge is 2.63. The van der Waals surface area contributed by atoms with Crippen molar-refractivity contribution in [1.29, 1.82) is 0 Å². The van der Waals surface area contributed by atoms with Gasteiger partial charge in [-0.1, -0.05) is 55.4 Å². The lowest BCUT2D eigenvalue weighted by Crippen LogP contribution is -2.64. The SMILES string of the molecule is CC[C@H]([C@H]1O[C@]2(C=C[C@@H](O)[C@]3(CC[C@@](C)([C@H]4CC[C@](O)(CC)[C@H](C)O4)O3)O2)[C@H](C)C[C@@H]1C)[C@@](C)(O)[C@@H](C)[C@@H](O)[C@H](C)[C@@H]1O[C@@H]([C@@H](CC)C(C)=O)CCC1C. The van der Waals surface area contributed by atoms with Crippen LogP contribution >= 0.6 is 0 Å². The molecule has 1 unspecified atom stereocenters. The zero-order valence-corrected chi connectivity index (χ0v) is 35.5. The Morgan fingerprint density at radius 3 is 2.22 bits per heavy atom. The van der Waals surface area contributed by atoms with Gasteiger partial charge in [0, 0.05) is 36.0 Å². The van der Waals surface area contributed by atoms with Crippen molar-refractivity contribution in [1.82, 2.24) is 0 Å². The van der Waals surface area contributed by atoms with Gasteiger partial charge >= 0.3 is 0 Å². The van der Waals surface area contributed by atoms with E-state index in [-0.39, 0.29) is 65.7 Å². The molecule has 0 aromatic rings. The highest BCUT2D eigenvalue weighted by atomic mass is 16.8. The minimum atomic E-state index is -1.34. The fourth-order valence-electron chi connectivity index (χ4n) is 11.3. The average Bonchev–Trinajstić information content (AvgIpc) is 3.47.